The number of ether oxygens (including phenoxy) is 1. The van der Waals surface area contributed by atoms with Crippen molar-refractivity contribution in [2.45, 2.75) is 17.6 Å². The number of nitrogens with zero attached hydrogens (tertiary/aromatic N) is 3. The average molecular weight is 378 g/mol. The number of thioether (sulfide) groups is 1. The molecule has 9 heteroatoms. The van der Waals surface area contributed by atoms with Crippen molar-refractivity contribution in [1.29, 1.82) is 0 Å². The van der Waals surface area contributed by atoms with Crippen LogP contribution in [0.4, 0.5) is 5.69 Å². The lowest BCUT2D eigenvalue weighted by molar-refractivity contribution is -0.384. The highest BCUT2D eigenvalue weighted by molar-refractivity contribution is 7.98. The molecule has 3 aromatic rings. The minimum Gasteiger partial charge on any atom is -0.484 e. The number of non-ortho nitro benzene ring substituents is 1. The van der Waals surface area contributed by atoms with E-state index >= 15 is 0 Å². The van der Waals surface area contributed by atoms with E-state index in [2.05, 4.69) is 10.2 Å². The maximum Gasteiger partial charge on any atom is 0.277 e. The second-order valence-electron chi connectivity index (χ2n) is 4.92. The van der Waals surface area contributed by atoms with Crippen molar-refractivity contribution >= 4 is 29.1 Å². The van der Waals surface area contributed by atoms with Gasteiger partial charge < -0.3 is 9.15 Å². The molecule has 0 radical (unpaired) electrons. The summed E-state index contributed by atoms with van der Waals surface area (Å²) in [5.41, 5.74) is 0.858. The quantitative estimate of drug-likeness (QED) is 0.340. The lowest BCUT2D eigenvalue weighted by atomic mass is 10.2. The van der Waals surface area contributed by atoms with Gasteiger partial charge in [-0.15, -0.1) is 10.2 Å². The Morgan fingerprint density at radius 2 is 2.00 bits per heavy atom. The van der Waals surface area contributed by atoms with E-state index in [4.69, 9.17) is 20.8 Å². The van der Waals surface area contributed by atoms with Crippen molar-refractivity contribution in [3.8, 4) is 5.75 Å². The molecule has 0 aliphatic carbocycles. The maximum absolute atomic E-state index is 10.8. The third-order valence-electron chi connectivity index (χ3n) is 3.11. The van der Waals surface area contributed by atoms with Gasteiger partial charge in [0.2, 0.25) is 0 Å². The van der Waals surface area contributed by atoms with Gasteiger partial charge in [-0.05, 0) is 29.8 Å². The van der Waals surface area contributed by atoms with E-state index in [1.54, 1.807) is 36.4 Å². The van der Waals surface area contributed by atoms with Gasteiger partial charge in [-0.1, -0.05) is 35.5 Å². The smallest absolute Gasteiger partial charge is 0.277 e. The molecule has 7 nitrogen and oxygen atoms in total. The van der Waals surface area contributed by atoms with E-state index in [1.165, 1.54) is 23.9 Å². The number of rotatable bonds is 7. The summed E-state index contributed by atoms with van der Waals surface area (Å²) in [5.74, 6) is 1.48. The summed E-state index contributed by atoms with van der Waals surface area (Å²) in [6.07, 6.45) is 0. The molecule has 2 aromatic carbocycles. The first-order valence-corrected chi connectivity index (χ1v) is 8.53. The first-order chi connectivity index (χ1) is 12.1. The largest absolute Gasteiger partial charge is 0.484 e. The highest BCUT2D eigenvalue weighted by atomic mass is 35.5. The third kappa shape index (κ3) is 4.94. The molecule has 0 N–H and O–H groups in total. The van der Waals surface area contributed by atoms with E-state index in [0.717, 1.165) is 5.56 Å². The van der Waals surface area contributed by atoms with Crippen molar-refractivity contribution in [2.24, 2.45) is 0 Å². The SMILES string of the molecule is O=[N+]([O-])c1cccc(CSc2nnc(COc3ccc(Cl)cc3)o2)c1. The second kappa shape index (κ2) is 8.00. The number of benzene rings is 2. The number of nitro groups is 1. The van der Waals surface area contributed by atoms with Gasteiger partial charge in [0.25, 0.3) is 16.8 Å². The normalized spacial score (nSPS) is 10.6. The van der Waals surface area contributed by atoms with E-state index in [9.17, 15) is 10.1 Å². The molecule has 128 valence electrons. The fourth-order valence-corrected chi connectivity index (χ4v) is 2.79. The molecule has 3 rings (SSSR count). The molecule has 0 aliphatic heterocycles. The summed E-state index contributed by atoms with van der Waals surface area (Å²) in [6.45, 7) is 0.145. The predicted octanol–water partition coefficient (Wildman–Crippen LogP) is 4.50. The second-order valence-corrected chi connectivity index (χ2v) is 6.28. The minimum absolute atomic E-state index is 0.0562. The van der Waals surface area contributed by atoms with Crippen LogP contribution in [0.15, 0.2) is 58.2 Å². The van der Waals surface area contributed by atoms with Crippen LogP contribution < -0.4 is 4.74 Å². The van der Waals surface area contributed by atoms with Crippen molar-refractivity contribution in [3.63, 3.8) is 0 Å². The molecule has 0 amide bonds. The summed E-state index contributed by atoms with van der Waals surface area (Å²) in [7, 11) is 0. The molecule has 25 heavy (non-hydrogen) atoms. The van der Waals surface area contributed by atoms with Crippen LogP contribution in [0.25, 0.3) is 0 Å². The lowest BCUT2D eigenvalue weighted by Crippen LogP contribution is -1.95. The molecule has 0 saturated heterocycles. The summed E-state index contributed by atoms with van der Waals surface area (Å²) >= 11 is 7.11. The standard InChI is InChI=1S/C16H12ClN3O4S/c17-12-4-6-14(7-5-12)23-9-15-18-19-16(24-15)25-10-11-2-1-3-13(8-11)20(21)22/h1-8H,9-10H2. The first-order valence-electron chi connectivity index (χ1n) is 7.17. The van der Waals surface area contributed by atoms with Gasteiger partial charge in [-0.2, -0.15) is 0 Å². The highest BCUT2D eigenvalue weighted by Gasteiger charge is 2.10. The summed E-state index contributed by atoms with van der Waals surface area (Å²) in [4.78, 5) is 10.4. The van der Waals surface area contributed by atoms with Crippen LogP contribution in [0.5, 0.6) is 5.75 Å². The molecular weight excluding hydrogens is 366 g/mol. The number of hydrogen-bond acceptors (Lipinski definition) is 7. The zero-order chi connectivity index (χ0) is 17.6. The molecule has 0 fully saturated rings. The van der Waals surface area contributed by atoms with Gasteiger partial charge in [0.15, 0.2) is 6.61 Å². The number of hydrogen-bond donors (Lipinski definition) is 0. The van der Waals surface area contributed by atoms with E-state index in [-0.39, 0.29) is 12.3 Å². The van der Waals surface area contributed by atoms with Crippen molar-refractivity contribution in [1.82, 2.24) is 10.2 Å². The monoisotopic (exact) mass is 377 g/mol. The maximum atomic E-state index is 10.8. The van der Waals surface area contributed by atoms with E-state index in [1.807, 2.05) is 0 Å². The molecule has 1 heterocycles. The third-order valence-corrected chi connectivity index (χ3v) is 4.25. The molecule has 0 spiro atoms. The molecule has 0 unspecified atom stereocenters. The van der Waals surface area contributed by atoms with Gasteiger partial charge in [0.1, 0.15) is 5.75 Å². The van der Waals surface area contributed by atoms with Crippen LogP contribution in [0, 0.1) is 10.1 Å². The molecule has 0 saturated carbocycles. The Morgan fingerprint density at radius 3 is 2.76 bits per heavy atom. The molecule has 0 bridgehead atoms. The van der Waals surface area contributed by atoms with Crippen molar-refractivity contribution in [3.05, 3.63) is 75.1 Å². The van der Waals surface area contributed by atoms with Crippen LogP contribution >= 0.6 is 23.4 Å². The Hall–Kier alpha value is -2.58. The summed E-state index contributed by atoms with van der Waals surface area (Å²) in [5, 5.41) is 19.6. The van der Waals surface area contributed by atoms with E-state index in [0.29, 0.717) is 27.6 Å². The predicted molar refractivity (Wildman–Crippen MR) is 92.7 cm³/mol. The van der Waals surface area contributed by atoms with Gasteiger partial charge in [0.05, 0.1) is 4.92 Å². The van der Waals surface area contributed by atoms with Gasteiger partial charge in [-0.3, -0.25) is 10.1 Å². The number of halogens is 1. The average Bonchev–Trinajstić information content (AvgIpc) is 3.08. The molecule has 0 atom stereocenters. The Kier molecular flexibility index (Phi) is 5.52. The Morgan fingerprint density at radius 1 is 1.20 bits per heavy atom. The highest BCUT2D eigenvalue weighted by Crippen LogP contribution is 2.24. The summed E-state index contributed by atoms with van der Waals surface area (Å²) in [6, 6.07) is 13.4. The van der Waals surface area contributed by atoms with Gasteiger partial charge >= 0.3 is 0 Å². The fourth-order valence-electron chi connectivity index (χ4n) is 1.94. The van der Waals surface area contributed by atoms with Crippen LogP contribution in [0.3, 0.4) is 0 Å². The Bertz CT molecular complexity index is 870. The molecule has 0 aliphatic rings. The van der Waals surface area contributed by atoms with Crippen LogP contribution in [0.1, 0.15) is 11.5 Å². The fraction of sp³-hybridized carbons (Fsp3) is 0.125. The van der Waals surface area contributed by atoms with Crippen molar-refractivity contribution in [2.75, 3.05) is 0 Å². The zero-order valence-electron chi connectivity index (χ0n) is 12.8. The minimum atomic E-state index is -0.424. The topological polar surface area (TPSA) is 91.3 Å². The number of aromatic nitrogens is 2. The lowest BCUT2D eigenvalue weighted by Gasteiger charge is -2.02. The van der Waals surface area contributed by atoms with E-state index < -0.39 is 4.92 Å². The Labute approximate surface area is 152 Å². The van der Waals surface area contributed by atoms with Crippen LogP contribution in [0.2, 0.25) is 5.02 Å². The number of nitro benzene ring substituents is 1. The first kappa shape index (κ1) is 17.2. The van der Waals surface area contributed by atoms with Gasteiger partial charge in [-0.25, -0.2) is 0 Å². The van der Waals surface area contributed by atoms with Crippen molar-refractivity contribution < 1.29 is 14.1 Å². The molecule has 1 aromatic heterocycles. The van der Waals surface area contributed by atoms with Crippen LogP contribution in [-0.4, -0.2) is 15.1 Å². The van der Waals surface area contributed by atoms with Gasteiger partial charge in [0, 0.05) is 22.9 Å². The zero-order valence-corrected chi connectivity index (χ0v) is 14.4. The molecular formula is C16H12ClN3O4S. The summed E-state index contributed by atoms with van der Waals surface area (Å²) < 4.78 is 11.0. The Balaban J connectivity index is 1.54. The van der Waals surface area contributed by atoms with Crippen LogP contribution in [-0.2, 0) is 12.4 Å².